The van der Waals surface area contributed by atoms with Crippen molar-refractivity contribution in [2.75, 3.05) is 12.4 Å². The van der Waals surface area contributed by atoms with Crippen molar-refractivity contribution in [1.29, 1.82) is 0 Å². The van der Waals surface area contributed by atoms with E-state index in [2.05, 4.69) is 15.3 Å². The molecule has 0 saturated heterocycles. The number of aryl methyl sites for hydroxylation is 1. The van der Waals surface area contributed by atoms with Gasteiger partial charge in [-0.1, -0.05) is 23.2 Å². The first-order chi connectivity index (χ1) is 9.92. The van der Waals surface area contributed by atoms with Gasteiger partial charge in [-0.2, -0.15) is 0 Å². The fraction of sp³-hybridized carbons (Fsp3) is 0.154. The number of anilines is 1. The molecule has 0 aliphatic heterocycles. The smallest absolute Gasteiger partial charge is 0.374 e. The molecule has 0 saturated carbocycles. The summed E-state index contributed by atoms with van der Waals surface area (Å²) >= 11 is 11.9. The molecule has 0 aliphatic rings. The maximum Gasteiger partial charge on any atom is 0.374 e. The number of rotatable bonds is 4. The fourth-order valence-electron chi connectivity index (χ4n) is 1.62. The van der Waals surface area contributed by atoms with E-state index in [4.69, 9.17) is 33.0 Å². The number of ether oxygens (including phenoxy) is 1. The second-order valence-corrected chi connectivity index (χ2v) is 4.89. The summed E-state index contributed by atoms with van der Waals surface area (Å²) in [5.41, 5.74) is 0.373. The summed E-state index contributed by atoms with van der Waals surface area (Å²) < 4.78 is 5.68. The number of nitrogens with one attached hydrogen (secondary N) is 1. The molecule has 0 aliphatic carbocycles. The van der Waals surface area contributed by atoms with Gasteiger partial charge in [-0.05, 0) is 25.1 Å². The van der Waals surface area contributed by atoms with Gasteiger partial charge in [-0.25, -0.2) is 14.8 Å². The summed E-state index contributed by atoms with van der Waals surface area (Å²) in [5, 5.41) is 12.5. The third-order valence-corrected chi connectivity index (χ3v) is 3.10. The number of halogens is 2. The second-order valence-electron chi connectivity index (χ2n) is 4.04. The number of carbonyl (C=O) groups is 1. The van der Waals surface area contributed by atoms with E-state index in [1.807, 2.05) is 0 Å². The SMILES string of the molecule is CNc1nc(C(=O)O)nc(C)c1Oc1ccc(Cl)cc1Cl. The van der Waals surface area contributed by atoms with E-state index in [-0.39, 0.29) is 11.6 Å². The summed E-state index contributed by atoms with van der Waals surface area (Å²) in [6.07, 6.45) is 0. The third kappa shape index (κ3) is 3.34. The van der Waals surface area contributed by atoms with Crippen LogP contribution in [0, 0.1) is 6.92 Å². The second kappa shape index (κ2) is 6.15. The van der Waals surface area contributed by atoms with Crippen molar-refractivity contribution in [3.8, 4) is 11.5 Å². The van der Waals surface area contributed by atoms with E-state index in [1.165, 1.54) is 0 Å². The number of hydrogen-bond donors (Lipinski definition) is 2. The molecule has 0 amide bonds. The molecule has 0 spiro atoms. The Kier molecular flexibility index (Phi) is 4.50. The van der Waals surface area contributed by atoms with Crippen LogP contribution in [0.5, 0.6) is 11.5 Å². The lowest BCUT2D eigenvalue weighted by atomic mass is 10.3. The van der Waals surface area contributed by atoms with Crippen molar-refractivity contribution in [3.05, 3.63) is 39.8 Å². The van der Waals surface area contributed by atoms with Gasteiger partial charge in [0.05, 0.1) is 10.7 Å². The average molecular weight is 328 g/mol. The molecule has 6 nitrogen and oxygen atoms in total. The Morgan fingerprint density at radius 2 is 2.05 bits per heavy atom. The number of carboxylic acids is 1. The summed E-state index contributed by atoms with van der Waals surface area (Å²) in [7, 11) is 1.60. The van der Waals surface area contributed by atoms with Gasteiger partial charge in [0.1, 0.15) is 5.75 Å². The van der Waals surface area contributed by atoms with Crippen LogP contribution in [-0.2, 0) is 0 Å². The average Bonchev–Trinajstić information content (AvgIpc) is 2.42. The zero-order valence-corrected chi connectivity index (χ0v) is 12.7. The molecule has 2 aromatic rings. The molecular weight excluding hydrogens is 317 g/mol. The number of nitrogens with zero attached hydrogens (tertiary/aromatic N) is 2. The molecule has 1 heterocycles. The van der Waals surface area contributed by atoms with Crippen molar-refractivity contribution in [2.24, 2.45) is 0 Å². The maximum absolute atomic E-state index is 11.0. The van der Waals surface area contributed by atoms with Crippen LogP contribution >= 0.6 is 23.2 Å². The Hall–Kier alpha value is -2.05. The van der Waals surface area contributed by atoms with Crippen LogP contribution in [0.15, 0.2) is 18.2 Å². The van der Waals surface area contributed by atoms with Crippen LogP contribution in [0.25, 0.3) is 0 Å². The molecule has 0 bridgehead atoms. The number of carboxylic acid groups (broad SMARTS) is 1. The molecule has 1 aromatic heterocycles. The minimum absolute atomic E-state index is 0.255. The molecule has 8 heteroatoms. The Bertz CT molecular complexity index is 707. The van der Waals surface area contributed by atoms with Crippen molar-refractivity contribution in [3.63, 3.8) is 0 Å². The third-order valence-electron chi connectivity index (χ3n) is 2.57. The summed E-state index contributed by atoms with van der Waals surface area (Å²) in [6.45, 7) is 1.62. The first-order valence-corrected chi connectivity index (χ1v) is 6.60. The van der Waals surface area contributed by atoms with Gasteiger partial charge < -0.3 is 15.2 Å². The number of aromatic nitrogens is 2. The lowest BCUT2D eigenvalue weighted by Gasteiger charge is -2.13. The minimum atomic E-state index is -1.22. The van der Waals surface area contributed by atoms with Crippen LogP contribution in [-0.4, -0.2) is 28.1 Å². The first-order valence-electron chi connectivity index (χ1n) is 5.85. The molecule has 0 fully saturated rings. The maximum atomic E-state index is 11.0. The zero-order chi connectivity index (χ0) is 15.6. The molecule has 21 heavy (non-hydrogen) atoms. The molecule has 2 rings (SSSR count). The first kappa shape index (κ1) is 15.3. The lowest BCUT2D eigenvalue weighted by Crippen LogP contribution is -2.09. The van der Waals surface area contributed by atoms with Gasteiger partial charge in [0.2, 0.25) is 5.82 Å². The van der Waals surface area contributed by atoms with Gasteiger partial charge in [0.25, 0.3) is 0 Å². The highest BCUT2D eigenvalue weighted by atomic mass is 35.5. The topological polar surface area (TPSA) is 84.3 Å². The Balaban J connectivity index is 2.46. The highest BCUT2D eigenvalue weighted by molar-refractivity contribution is 6.35. The summed E-state index contributed by atoms with van der Waals surface area (Å²) in [6, 6.07) is 4.78. The monoisotopic (exact) mass is 327 g/mol. The summed E-state index contributed by atoms with van der Waals surface area (Å²) in [5.74, 6) is -0.609. The standard InChI is InChI=1S/C13H11Cl2N3O3/c1-6-10(11(16-2)18-12(17-6)13(19)20)21-9-4-3-7(14)5-8(9)15/h3-5H,1-2H3,(H,19,20)(H,16,17,18). The van der Waals surface area contributed by atoms with Crippen LogP contribution in [0.1, 0.15) is 16.3 Å². The van der Waals surface area contributed by atoms with E-state index in [0.29, 0.717) is 27.2 Å². The van der Waals surface area contributed by atoms with Crippen LogP contribution in [0.2, 0.25) is 10.0 Å². The lowest BCUT2D eigenvalue weighted by molar-refractivity contribution is 0.0683. The minimum Gasteiger partial charge on any atom is -0.475 e. The van der Waals surface area contributed by atoms with Crippen LogP contribution in [0.4, 0.5) is 5.82 Å². The van der Waals surface area contributed by atoms with Gasteiger partial charge in [0, 0.05) is 12.1 Å². The Morgan fingerprint density at radius 1 is 1.33 bits per heavy atom. The fourth-order valence-corrected chi connectivity index (χ4v) is 2.06. The van der Waals surface area contributed by atoms with Gasteiger partial charge in [-0.3, -0.25) is 0 Å². The van der Waals surface area contributed by atoms with Crippen molar-refractivity contribution < 1.29 is 14.6 Å². The largest absolute Gasteiger partial charge is 0.475 e. The quantitative estimate of drug-likeness (QED) is 0.892. The number of aromatic carboxylic acids is 1. The van der Waals surface area contributed by atoms with E-state index in [0.717, 1.165) is 0 Å². The Labute approximate surface area is 130 Å². The van der Waals surface area contributed by atoms with E-state index in [1.54, 1.807) is 32.2 Å². The molecular formula is C13H11Cl2N3O3. The van der Waals surface area contributed by atoms with E-state index in [9.17, 15) is 4.79 Å². The Morgan fingerprint density at radius 3 is 2.62 bits per heavy atom. The van der Waals surface area contributed by atoms with Gasteiger partial charge >= 0.3 is 5.97 Å². The van der Waals surface area contributed by atoms with E-state index < -0.39 is 5.97 Å². The van der Waals surface area contributed by atoms with Crippen molar-refractivity contribution in [1.82, 2.24) is 9.97 Å². The molecule has 1 aromatic carbocycles. The molecule has 0 unspecified atom stereocenters. The number of hydrogen-bond acceptors (Lipinski definition) is 5. The molecule has 0 radical (unpaired) electrons. The summed E-state index contributed by atoms with van der Waals surface area (Å²) in [4.78, 5) is 18.7. The molecule has 2 N–H and O–H groups in total. The predicted molar refractivity (Wildman–Crippen MR) is 79.8 cm³/mol. The van der Waals surface area contributed by atoms with Gasteiger partial charge in [0.15, 0.2) is 11.6 Å². The molecule has 110 valence electrons. The highest BCUT2D eigenvalue weighted by Gasteiger charge is 2.17. The van der Waals surface area contributed by atoms with Crippen LogP contribution in [0.3, 0.4) is 0 Å². The van der Waals surface area contributed by atoms with Crippen molar-refractivity contribution >= 4 is 35.0 Å². The van der Waals surface area contributed by atoms with Gasteiger partial charge in [-0.15, -0.1) is 0 Å². The normalized spacial score (nSPS) is 10.3. The van der Waals surface area contributed by atoms with Crippen LogP contribution < -0.4 is 10.1 Å². The highest BCUT2D eigenvalue weighted by Crippen LogP contribution is 2.35. The van der Waals surface area contributed by atoms with E-state index >= 15 is 0 Å². The molecule has 0 atom stereocenters. The predicted octanol–water partition coefficient (Wildman–Crippen LogP) is 3.62. The number of benzene rings is 1. The van der Waals surface area contributed by atoms with Crippen molar-refractivity contribution in [2.45, 2.75) is 6.92 Å². The zero-order valence-electron chi connectivity index (χ0n) is 11.1.